The normalized spacial score (nSPS) is 17.1. The summed E-state index contributed by atoms with van der Waals surface area (Å²) in [7, 11) is -2.24. The number of nitrogens with one attached hydrogen (secondary N) is 1. The van der Waals surface area contributed by atoms with Crippen LogP contribution in [0.1, 0.15) is 36.0 Å². The highest BCUT2D eigenvalue weighted by Crippen LogP contribution is 2.30. The molecule has 6 nitrogen and oxygen atoms in total. The first-order chi connectivity index (χ1) is 10.8. The zero-order valence-corrected chi connectivity index (χ0v) is 13.6. The highest BCUT2D eigenvalue weighted by atomic mass is 32.2. The maximum Gasteiger partial charge on any atom is 0.338 e. The number of hydrogen-bond acceptors (Lipinski definition) is 4. The Morgan fingerprint density at radius 3 is 2.65 bits per heavy atom. The van der Waals surface area contributed by atoms with Crippen LogP contribution >= 0.6 is 0 Å². The van der Waals surface area contributed by atoms with Gasteiger partial charge in [-0.1, -0.05) is 12.8 Å². The Labute approximate surface area is 134 Å². The third-order valence-electron chi connectivity index (χ3n) is 4.08. The molecule has 0 radical (unpaired) electrons. The van der Waals surface area contributed by atoms with Crippen LogP contribution in [-0.4, -0.2) is 38.5 Å². The van der Waals surface area contributed by atoms with E-state index in [1.807, 2.05) is 0 Å². The summed E-state index contributed by atoms with van der Waals surface area (Å²) >= 11 is 0. The molecular weight excluding hydrogens is 325 g/mol. The second-order valence-electron chi connectivity index (χ2n) is 5.70. The van der Waals surface area contributed by atoms with Crippen molar-refractivity contribution in [3.05, 3.63) is 29.6 Å². The van der Waals surface area contributed by atoms with Crippen LogP contribution < -0.4 is 4.72 Å². The smallest absolute Gasteiger partial charge is 0.338 e. The maximum atomic E-state index is 13.3. The van der Waals surface area contributed by atoms with E-state index in [0.29, 0.717) is 0 Å². The van der Waals surface area contributed by atoms with Crippen molar-refractivity contribution in [1.29, 1.82) is 0 Å². The van der Waals surface area contributed by atoms with E-state index in [1.165, 1.54) is 13.2 Å². The van der Waals surface area contributed by atoms with Gasteiger partial charge in [0, 0.05) is 12.8 Å². The Kier molecular flexibility index (Phi) is 5.59. The number of carboxylic acid groups (broad SMARTS) is 1. The zero-order chi connectivity index (χ0) is 17.0. The van der Waals surface area contributed by atoms with Gasteiger partial charge in [-0.2, -0.15) is 0 Å². The van der Waals surface area contributed by atoms with E-state index in [4.69, 9.17) is 9.84 Å². The number of hydrogen-bond donors (Lipinski definition) is 2. The first-order valence-electron chi connectivity index (χ1n) is 7.38. The minimum absolute atomic E-state index is 0.0186. The van der Waals surface area contributed by atoms with Gasteiger partial charge in [-0.25, -0.2) is 17.6 Å². The van der Waals surface area contributed by atoms with Gasteiger partial charge >= 0.3 is 5.97 Å². The lowest BCUT2D eigenvalue weighted by Gasteiger charge is -2.22. The van der Waals surface area contributed by atoms with Crippen molar-refractivity contribution < 1.29 is 27.4 Å². The summed E-state index contributed by atoms with van der Waals surface area (Å²) in [4.78, 5) is 10.9. The fraction of sp³-hybridized carbons (Fsp3) is 0.533. The highest BCUT2D eigenvalue weighted by molar-refractivity contribution is 7.92. The number of benzene rings is 1. The van der Waals surface area contributed by atoms with Gasteiger partial charge in [-0.05, 0) is 37.0 Å². The molecule has 0 aliphatic heterocycles. The average Bonchev–Trinajstić information content (AvgIpc) is 3.00. The summed E-state index contributed by atoms with van der Waals surface area (Å²) in [6, 6.07) is 3.08. The molecule has 8 heteroatoms. The molecule has 2 rings (SSSR count). The van der Waals surface area contributed by atoms with E-state index in [1.54, 1.807) is 0 Å². The first kappa shape index (κ1) is 17.7. The van der Waals surface area contributed by atoms with E-state index < -0.39 is 33.5 Å². The molecular formula is C15H20FNO5S. The molecule has 128 valence electrons. The number of anilines is 1. The first-order valence-corrected chi connectivity index (χ1v) is 9.04. The molecule has 0 spiro atoms. The van der Waals surface area contributed by atoms with Crippen LogP contribution in [-0.2, 0) is 14.8 Å². The molecule has 1 unspecified atom stereocenters. The average molecular weight is 345 g/mol. The summed E-state index contributed by atoms with van der Waals surface area (Å²) in [6.07, 6.45) is 3.60. The molecule has 0 saturated heterocycles. The summed E-state index contributed by atoms with van der Waals surface area (Å²) in [5.74, 6) is -2.38. The largest absolute Gasteiger partial charge is 0.478 e. The molecule has 1 aliphatic carbocycles. The molecule has 0 aromatic heterocycles. The Hall–Kier alpha value is -1.67. The van der Waals surface area contributed by atoms with E-state index in [0.717, 1.165) is 37.8 Å². The quantitative estimate of drug-likeness (QED) is 0.792. The van der Waals surface area contributed by atoms with Gasteiger partial charge in [-0.15, -0.1) is 0 Å². The molecule has 0 bridgehead atoms. The number of rotatable bonds is 7. The van der Waals surface area contributed by atoms with Crippen molar-refractivity contribution in [2.24, 2.45) is 5.92 Å². The van der Waals surface area contributed by atoms with Crippen molar-refractivity contribution in [2.45, 2.75) is 31.8 Å². The number of carboxylic acids is 1. The van der Waals surface area contributed by atoms with Crippen LogP contribution in [0.25, 0.3) is 0 Å². The second-order valence-corrected chi connectivity index (χ2v) is 7.47. The lowest BCUT2D eigenvalue weighted by molar-refractivity contribution is 0.0691. The summed E-state index contributed by atoms with van der Waals surface area (Å²) < 4.78 is 45.5. The van der Waals surface area contributed by atoms with Crippen molar-refractivity contribution in [2.75, 3.05) is 17.6 Å². The predicted molar refractivity (Wildman–Crippen MR) is 83.5 cm³/mol. The Morgan fingerprint density at radius 1 is 1.43 bits per heavy atom. The number of aromatic carboxylic acids is 1. The molecule has 1 saturated carbocycles. The van der Waals surface area contributed by atoms with Gasteiger partial charge in [0.2, 0.25) is 10.0 Å². The summed E-state index contributed by atoms with van der Waals surface area (Å²) in [6.45, 7) is 0. The fourth-order valence-corrected chi connectivity index (χ4v) is 4.33. The monoisotopic (exact) mass is 345 g/mol. The predicted octanol–water partition coefficient (Wildman–Crippen LogP) is 2.47. The molecule has 1 aromatic carbocycles. The third kappa shape index (κ3) is 4.65. The molecule has 0 amide bonds. The minimum Gasteiger partial charge on any atom is -0.478 e. The lowest BCUT2D eigenvalue weighted by Crippen LogP contribution is -2.32. The van der Waals surface area contributed by atoms with Gasteiger partial charge in [-0.3, -0.25) is 4.72 Å². The van der Waals surface area contributed by atoms with Crippen molar-refractivity contribution in [1.82, 2.24) is 0 Å². The molecule has 1 fully saturated rings. The number of sulfonamides is 1. The number of methoxy groups -OCH3 is 1. The van der Waals surface area contributed by atoms with E-state index >= 15 is 0 Å². The van der Waals surface area contributed by atoms with Gasteiger partial charge in [0.25, 0.3) is 0 Å². The summed E-state index contributed by atoms with van der Waals surface area (Å²) in [5, 5.41) is 8.88. The molecule has 1 aromatic rings. The van der Waals surface area contributed by atoms with Crippen LogP contribution in [0, 0.1) is 11.7 Å². The van der Waals surface area contributed by atoms with Crippen LogP contribution in [0.4, 0.5) is 10.1 Å². The number of ether oxygens (including phenoxy) is 1. The van der Waals surface area contributed by atoms with E-state index in [9.17, 15) is 17.6 Å². The lowest BCUT2D eigenvalue weighted by atomic mass is 10.0. The van der Waals surface area contributed by atoms with Crippen molar-refractivity contribution in [3.8, 4) is 0 Å². The van der Waals surface area contributed by atoms with Crippen LogP contribution in [0.15, 0.2) is 18.2 Å². The Balaban J connectivity index is 2.11. The Morgan fingerprint density at radius 2 is 2.09 bits per heavy atom. The summed E-state index contributed by atoms with van der Waals surface area (Å²) in [5.41, 5.74) is -0.561. The molecule has 23 heavy (non-hydrogen) atoms. The van der Waals surface area contributed by atoms with Crippen LogP contribution in [0.2, 0.25) is 0 Å². The van der Waals surface area contributed by atoms with Crippen LogP contribution in [0.5, 0.6) is 0 Å². The molecule has 2 N–H and O–H groups in total. The van der Waals surface area contributed by atoms with E-state index in [2.05, 4.69) is 4.72 Å². The van der Waals surface area contributed by atoms with Crippen LogP contribution in [0.3, 0.4) is 0 Å². The topological polar surface area (TPSA) is 92.7 Å². The van der Waals surface area contributed by atoms with Gasteiger partial charge in [0.05, 0.1) is 17.4 Å². The third-order valence-corrected chi connectivity index (χ3v) is 5.40. The minimum atomic E-state index is -3.73. The van der Waals surface area contributed by atoms with E-state index in [-0.39, 0.29) is 17.4 Å². The fourth-order valence-electron chi connectivity index (χ4n) is 2.92. The number of halogens is 1. The van der Waals surface area contributed by atoms with Crippen molar-refractivity contribution >= 4 is 21.7 Å². The number of carbonyl (C=O) groups is 1. The molecule has 1 atom stereocenters. The van der Waals surface area contributed by atoms with Gasteiger partial charge in [0.1, 0.15) is 5.82 Å². The van der Waals surface area contributed by atoms with Crippen molar-refractivity contribution in [3.63, 3.8) is 0 Å². The second kappa shape index (κ2) is 7.27. The molecule has 0 heterocycles. The molecule has 1 aliphatic rings. The van der Waals surface area contributed by atoms with Gasteiger partial charge < -0.3 is 9.84 Å². The highest BCUT2D eigenvalue weighted by Gasteiger charge is 2.29. The maximum absolute atomic E-state index is 13.3. The van der Waals surface area contributed by atoms with Gasteiger partial charge in [0.15, 0.2) is 0 Å². The standard InChI is InChI=1S/C15H20FNO5S/c1-22-14(10-4-2-3-5-10)9-23(20,21)17-11-6-7-13(16)12(8-11)15(18)19/h6-8,10,14,17H,2-5,9H2,1H3,(H,18,19). The Bertz CT molecular complexity index is 670. The SMILES string of the molecule is COC(CS(=O)(=O)Nc1ccc(F)c(C(=O)O)c1)C1CCCC1. The zero-order valence-electron chi connectivity index (χ0n) is 12.8.